The predicted molar refractivity (Wildman–Crippen MR) is 79.0 cm³/mol. The summed E-state index contributed by atoms with van der Waals surface area (Å²) in [6.07, 6.45) is 5.64. The van der Waals surface area contributed by atoms with Crippen molar-refractivity contribution in [3.05, 3.63) is 0 Å². The molecule has 0 aliphatic heterocycles. The van der Waals surface area contributed by atoms with E-state index in [0.717, 1.165) is 38.5 Å². The summed E-state index contributed by atoms with van der Waals surface area (Å²) < 4.78 is 0. The molecule has 118 valence electrons. The molecule has 0 aromatic carbocycles. The quantitative estimate of drug-likeness (QED) is 0.460. The molecule has 0 amide bonds. The predicted octanol–water partition coefficient (Wildman–Crippen LogP) is 1.94. The number of hydrogen-bond acceptors (Lipinski definition) is 4. The maximum atomic E-state index is 8.95. The van der Waals surface area contributed by atoms with E-state index in [4.69, 9.17) is 20.4 Å². The van der Waals surface area contributed by atoms with Gasteiger partial charge in [-0.05, 0) is 37.0 Å². The summed E-state index contributed by atoms with van der Waals surface area (Å²) in [6, 6.07) is 0. The average Bonchev–Trinajstić information content (AvgIpc) is 2.35. The van der Waals surface area contributed by atoms with Crippen molar-refractivity contribution in [2.24, 2.45) is 11.3 Å². The molecule has 0 aliphatic rings. The first-order valence-corrected chi connectivity index (χ1v) is 7.37. The summed E-state index contributed by atoms with van der Waals surface area (Å²) >= 11 is 0. The molecule has 0 radical (unpaired) electrons. The molecule has 0 saturated carbocycles. The number of unbranched alkanes of at least 4 members (excludes halogenated alkanes) is 3. The zero-order valence-corrected chi connectivity index (χ0v) is 12.9. The largest absolute Gasteiger partial charge is 0.396 e. The molecule has 1 unspecified atom stereocenters. The fourth-order valence-electron chi connectivity index (χ4n) is 1.91. The SMILES string of the molecule is CC(CCO)CC(C)(C)CO.OCCCCCCO. The highest BCUT2D eigenvalue weighted by atomic mass is 16.3. The van der Waals surface area contributed by atoms with Crippen LogP contribution in [-0.2, 0) is 0 Å². The van der Waals surface area contributed by atoms with Gasteiger partial charge in [0.25, 0.3) is 0 Å². The topological polar surface area (TPSA) is 80.9 Å². The van der Waals surface area contributed by atoms with Gasteiger partial charge in [-0.15, -0.1) is 0 Å². The third kappa shape index (κ3) is 17.8. The van der Waals surface area contributed by atoms with Gasteiger partial charge in [-0.25, -0.2) is 0 Å². The summed E-state index contributed by atoms with van der Waals surface area (Å²) in [5.41, 5.74) is 0.00852. The summed E-state index contributed by atoms with van der Waals surface area (Å²) in [6.45, 7) is 7.23. The molecule has 0 heterocycles. The Balaban J connectivity index is 0. The van der Waals surface area contributed by atoms with Crippen LogP contribution in [0.4, 0.5) is 0 Å². The van der Waals surface area contributed by atoms with Crippen molar-refractivity contribution in [1.29, 1.82) is 0 Å². The van der Waals surface area contributed by atoms with Gasteiger partial charge in [0.05, 0.1) is 0 Å². The van der Waals surface area contributed by atoms with Gasteiger partial charge in [0, 0.05) is 26.4 Å². The lowest BCUT2D eigenvalue weighted by molar-refractivity contribution is 0.125. The molecule has 19 heavy (non-hydrogen) atoms. The van der Waals surface area contributed by atoms with E-state index in [0.29, 0.717) is 5.92 Å². The van der Waals surface area contributed by atoms with Crippen LogP contribution in [0.1, 0.15) is 59.3 Å². The third-order valence-corrected chi connectivity index (χ3v) is 3.02. The minimum absolute atomic E-state index is 0.00852. The fraction of sp³-hybridized carbons (Fsp3) is 1.00. The van der Waals surface area contributed by atoms with Crippen LogP contribution >= 0.6 is 0 Å². The van der Waals surface area contributed by atoms with Crippen LogP contribution in [-0.4, -0.2) is 46.9 Å². The molecule has 4 heteroatoms. The van der Waals surface area contributed by atoms with E-state index in [1.54, 1.807) is 0 Å². The van der Waals surface area contributed by atoms with Gasteiger partial charge >= 0.3 is 0 Å². The minimum Gasteiger partial charge on any atom is -0.396 e. The molecular formula is C15H34O4. The van der Waals surface area contributed by atoms with Crippen molar-refractivity contribution in [2.45, 2.75) is 59.3 Å². The highest BCUT2D eigenvalue weighted by Crippen LogP contribution is 2.25. The van der Waals surface area contributed by atoms with Crippen LogP contribution in [0.25, 0.3) is 0 Å². The average molecular weight is 278 g/mol. The Kier molecular flexibility index (Phi) is 15.9. The monoisotopic (exact) mass is 278 g/mol. The molecule has 0 rings (SSSR count). The molecule has 4 N–H and O–H groups in total. The van der Waals surface area contributed by atoms with E-state index in [-0.39, 0.29) is 31.8 Å². The summed E-state index contributed by atoms with van der Waals surface area (Å²) in [4.78, 5) is 0. The highest BCUT2D eigenvalue weighted by molar-refractivity contribution is 4.70. The standard InChI is InChI=1S/C9H20O2.C6H14O2/c1-8(4-5-10)6-9(2,3)7-11;7-5-3-1-2-4-6-8/h8,10-11H,4-7H2,1-3H3;7-8H,1-6H2. The second-order valence-electron chi connectivity index (χ2n) is 6.01. The third-order valence-electron chi connectivity index (χ3n) is 3.02. The highest BCUT2D eigenvalue weighted by Gasteiger charge is 2.19. The minimum atomic E-state index is 0.00852. The lowest BCUT2D eigenvalue weighted by Gasteiger charge is -2.25. The zero-order valence-electron chi connectivity index (χ0n) is 12.9. The van der Waals surface area contributed by atoms with Crippen molar-refractivity contribution in [2.75, 3.05) is 26.4 Å². The Bertz CT molecular complexity index is 166. The molecule has 0 fully saturated rings. The van der Waals surface area contributed by atoms with Gasteiger partial charge in [-0.2, -0.15) is 0 Å². The first-order valence-electron chi connectivity index (χ1n) is 7.37. The summed E-state index contributed by atoms with van der Waals surface area (Å²) in [7, 11) is 0. The Labute approximate surface area is 118 Å². The molecule has 0 aromatic rings. The first kappa shape index (κ1) is 21.1. The van der Waals surface area contributed by atoms with E-state index in [1.165, 1.54) is 0 Å². The Morgan fingerprint density at radius 1 is 0.789 bits per heavy atom. The van der Waals surface area contributed by atoms with E-state index >= 15 is 0 Å². The second-order valence-corrected chi connectivity index (χ2v) is 6.01. The number of aliphatic hydroxyl groups excluding tert-OH is 4. The van der Waals surface area contributed by atoms with Gasteiger partial charge in [0.2, 0.25) is 0 Å². The van der Waals surface area contributed by atoms with Crippen LogP contribution < -0.4 is 0 Å². The van der Waals surface area contributed by atoms with Crippen LogP contribution in [0.5, 0.6) is 0 Å². The lowest BCUT2D eigenvalue weighted by atomic mass is 9.83. The van der Waals surface area contributed by atoms with Crippen molar-refractivity contribution < 1.29 is 20.4 Å². The van der Waals surface area contributed by atoms with E-state index in [9.17, 15) is 0 Å². The zero-order chi connectivity index (χ0) is 15.1. The Morgan fingerprint density at radius 3 is 1.58 bits per heavy atom. The van der Waals surface area contributed by atoms with Crippen LogP contribution in [0, 0.1) is 11.3 Å². The molecule has 0 saturated heterocycles. The number of hydrogen-bond donors (Lipinski definition) is 4. The van der Waals surface area contributed by atoms with Gasteiger partial charge in [-0.1, -0.05) is 33.6 Å². The maximum Gasteiger partial charge on any atom is 0.0482 e. The lowest BCUT2D eigenvalue weighted by Crippen LogP contribution is -2.20. The summed E-state index contributed by atoms with van der Waals surface area (Å²) in [5.74, 6) is 0.502. The molecule has 1 atom stereocenters. The smallest absolute Gasteiger partial charge is 0.0482 e. The maximum absolute atomic E-state index is 8.95. The molecule has 4 nitrogen and oxygen atoms in total. The summed E-state index contributed by atoms with van der Waals surface area (Å²) in [5, 5.41) is 34.2. The Morgan fingerprint density at radius 2 is 1.26 bits per heavy atom. The van der Waals surface area contributed by atoms with Crippen LogP contribution in [0.3, 0.4) is 0 Å². The first-order chi connectivity index (χ1) is 8.93. The molecule has 0 bridgehead atoms. The van der Waals surface area contributed by atoms with Gasteiger partial charge < -0.3 is 20.4 Å². The van der Waals surface area contributed by atoms with Crippen molar-refractivity contribution >= 4 is 0 Å². The van der Waals surface area contributed by atoms with E-state index in [2.05, 4.69) is 6.92 Å². The molecule has 0 spiro atoms. The van der Waals surface area contributed by atoms with Crippen LogP contribution in [0.15, 0.2) is 0 Å². The van der Waals surface area contributed by atoms with Crippen molar-refractivity contribution in [3.8, 4) is 0 Å². The van der Waals surface area contributed by atoms with Crippen molar-refractivity contribution in [3.63, 3.8) is 0 Å². The normalized spacial score (nSPS) is 12.8. The van der Waals surface area contributed by atoms with Gasteiger partial charge in [0.1, 0.15) is 0 Å². The number of rotatable bonds is 10. The molecular weight excluding hydrogens is 244 g/mol. The van der Waals surface area contributed by atoms with E-state index < -0.39 is 0 Å². The molecule has 0 aromatic heterocycles. The van der Waals surface area contributed by atoms with Gasteiger partial charge in [0.15, 0.2) is 0 Å². The second kappa shape index (κ2) is 14.3. The van der Waals surface area contributed by atoms with Crippen LogP contribution in [0.2, 0.25) is 0 Å². The molecule has 0 aliphatic carbocycles. The fourth-order valence-corrected chi connectivity index (χ4v) is 1.91. The van der Waals surface area contributed by atoms with E-state index in [1.807, 2.05) is 13.8 Å². The Hall–Kier alpha value is -0.160. The number of aliphatic hydroxyl groups is 4. The van der Waals surface area contributed by atoms with Gasteiger partial charge in [-0.3, -0.25) is 0 Å². The van der Waals surface area contributed by atoms with Crippen molar-refractivity contribution in [1.82, 2.24) is 0 Å².